The molecule has 2 amide bonds. The Balaban J connectivity index is 1.94. The minimum absolute atomic E-state index is 0.0138. The van der Waals surface area contributed by atoms with Crippen LogP contribution < -0.4 is 5.32 Å². The largest absolute Gasteiger partial charge is 0.341 e. The van der Waals surface area contributed by atoms with E-state index in [9.17, 15) is 9.59 Å². The van der Waals surface area contributed by atoms with Crippen molar-refractivity contribution in [2.45, 2.75) is 32.2 Å². The molecule has 1 atom stereocenters. The van der Waals surface area contributed by atoms with Gasteiger partial charge in [0.15, 0.2) is 0 Å². The fourth-order valence-corrected chi connectivity index (χ4v) is 2.55. The first-order chi connectivity index (χ1) is 9.58. The summed E-state index contributed by atoms with van der Waals surface area (Å²) in [5.41, 5.74) is 0.468. The molecule has 1 saturated heterocycles. The number of piperidine rings is 1. The van der Waals surface area contributed by atoms with Gasteiger partial charge in [-0.2, -0.15) is 0 Å². The average molecular weight is 295 g/mol. The second-order valence-electron chi connectivity index (χ2n) is 5.09. The number of carbonyl (C=O) groups is 2. The van der Waals surface area contributed by atoms with Crippen molar-refractivity contribution < 1.29 is 9.59 Å². The minimum atomic E-state index is -0.514. The van der Waals surface area contributed by atoms with Gasteiger partial charge in [0.25, 0.3) is 5.91 Å². The number of halogens is 1. The van der Waals surface area contributed by atoms with Gasteiger partial charge in [0.05, 0.1) is 0 Å². The van der Waals surface area contributed by atoms with Gasteiger partial charge >= 0.3 is 0 Å². The number of nitrogens with one attached hydrogen (secondary N) is 1. The van der Waals surface area contributed by atoms with Crippen molar-refractivity contribution in [3.05, 3.63) is 34.9 Å². The lowest BCUT2D eigenvalue weighted by atomic mass is 10.1. The van der Waals surface area contributed by atoms with Crippen molar-refractivity contribution in [3.8, 4) is 0 Å². The maximum absolute atomic E-state index is 12.2. The van der Waals surface area contributed by atoms with Gasteiger partial charge in [-0.1, -0.05) is 17.7 Å². The van der Waals surface area contributed by atoms with Crippen LogP contribution in [0.1, 0.15) is 36.5 Å². The Hall–Kier alpha value is -1.55. The van der Waals surface area contributed by atoms with Gasteiger partial charge in [-0.3, -0.25) is 9.59 Å². The minimum Gasteiger partial charge on any atom is -0.341 e. The van der Waals surface area contributed by atoms with E-state index in [1.807, 2.05) is 4.90 Å². The zero-order valence-corrected chi connectivity index (χ0v) is 12.3. The highest BCUT2D eigenvalue weighted by atomic mass is 35.5. The van der Waals surface area contributed by atoms with Crippen molar-refractivity contribution in [3.63, 3.8) is 0 Å². The second kappa shape index (κ2) is 6.75. The molecule has 1 aliphatic heterocycles. The monoisotopic (exact) mass is 294 g/mol. The Bertz CT molecular complexity index is 498. The second-order valence-corrected chi connectivity index (χ2v) is 5.53. The Kier molecular flexibility index (Phi) is 5.01. The van der Waals surface area contributed by atoms with Crippen molar-refractivity contribution >= 4 is 23.4 Å². The number of nitrogens with zero attached hydrogens (tertiary/aromatic N) is 1. The van der Waals surface area contributed by atoms with E-state index in [0.717, 1.165) is 25.9 Å². The summed E-state index contributed by atoms with van der Waals surface area (Å²) in [5, 5.41) is 3.24. The van der Waals surface area contributed by atoms with Crippen LogP contribution >= 0.6 is 11.6 Å². The lowest BCUT2D eigenvalue weighted by Gasteiger charge is -2.29. The molecule has 1 aromatic carbocycles. The predicted molar refractivity (Wildman–Crippen MR) is 78.8 cm³/mol. The maximum Gasteiger partial charge on any atom is 0.251 e. The number of benzene rings is 1. The molecule has 0 bridgehead atoms. The number of hydrogen-bond acceptors (Lipinski definition) is 2. The zero-order chi connectivity index (χ0) is 14.5. The third kappa shape index (κ3) is 3.73. The van der Waals surface area contributed by atoms with E-state index in [-0.39, 0.29) is 11.8 Å². The Morgan fingerprint density at radius 2 is 1.95 bits per heavy atom. The summed E-state index contributed by atoms with van der Waals surface area (Å²) in [7, 11) is 0. The van der Waals surface area contributed by atoms with E-state index < -0.39 is 6.04 Å². The van der Waals surface area contributed by atoms with Crippen molar-refractivity contribution in [2.75, 3.05) is 13.1 Å². The molecule has 20 heavy (non-hydrogen) atoms. The predicted octanol–water partition coefficient (Wildman–Crippen LogP) is 2.47. The Morgan fingerprint density at radius 3 is 2.60 bits per heavy atom. The van der Waals surface area contributed by atoms with Crippen LogP contribution in [-0.4, -0.2) is 35.8 Å². The van der Waals surface area contributed by atoms with Gasteiger partial charge < -0.3 is 10.2 Å². The number of hydrogen-bond donors (Lipinski definition) is 1. The lowest BCUT2D eigenvalue weighted by Crippen LogP contribution is -2.48. The normalized spacial score (nSPS) is 16.6. The molecule has 0 aromatic heterocycles. The summed E-state index contributed by atoms with van der Waals surface area (Å²) in [6.07, 6.45) is 3.26. The van der Waals surface area contributed by atoms with Gasteiger partial charge in [0, 0.05) is 23.7 Å². The number of carbonyl (C=O) groups excluding carboxylic acids is 2. The maximum atomic E-state index is 12.2. The van der Waals surface area contributed by atoms with Gasteiger partial charge in [-0.05, 0) is 44.4 Å². The summed E-state index contributed by atoms with van der Waals surface area (Å²) >= 11 is 5.85. The van der Waals surface area contributed by atoms with Gasteiger partial charge in [0.2, 0.25) is 5.91 Å². The van der Waals surface area contributed by atoms with E-state index in [0.29, 0.717) is 10.6 Å². The molecule has 0 spiro atoms. The summed E-state index contributed by atoms with van der Waals surface area (Å²) < 4.78 is 0. The van der Waals surface area contributed by atoms with E-state index in [1.54, 1.807) is 31.2 Å². The first-order valence-electron chi connectivity index (χ1n) is 6.93. The summed E-state index contributed by atoms with van der Waals surface area (Å²) in [6.45, 7) is 3.30. The molecular weight excluding hydrogens is 276 g/mol. The average Bonchev–Trinajstić information content (AvgIpc) is 2.47. The highest BCUT2D eigenvalue weighted by Crippen LogP contribution is 2.12. The molecule has 108 valence electrons. The molecule has 1 aliphatic rings. The molecule has 0 aliphatic carbocycles. The lowest BCUT2D eigenvalue weighted by molar-refractivity contribution is -0.133. The quantitative estimate of drug-likeness (QED) is 0.931. The third-order valence-electron chi connectivity index (χ3n) is 3.47. The Labute approximate surface area is 124 Å². The number of amides is 2. The molecule has 0 unspecified atom stereocenters. The van der Waals surface area contributed by atoms with Crippen molar-refractivity contribution in [1.29, 1.82) is 0 Å². The van der Waals surface area contributed by atoms with Crippen LogP contribution in [0.15, 0.2) is 24.3 Å². The first-order valence-corrected chi connectivity index (χ1v) is 7.31. The van der Waals surface area contributed by atoms with Crippen LogP contribution in [0.2, 0.25) is 5.02 Å². The summed E-state index contributed by atoms with van der Waals surface area (Å²) in [6, 6.07) is 6.18. The molecule has 1 fully saturated rings. The topological polar surface area (TPSA) is 49.4 Å². The first kappa shape index (κ1) is 14.9. The van der Waals surface area contributed by atoms with Gasteiger partial charge in [-0.15, -0.1) is 0 Å². The molecule has 2 rings (SSSR count). The van der Waals surface area contributed by atoms with E-state index in [4.69, 9.17) is 11.6 Å². The van der Waals surface area contributed by atoms with Crippen molar-refractivity contribution in [1.82, 2.24) is 10.2 Å². The fraction of sp³-hybridized carbons (Fsp3) is 0.467. The highest BCUT2D eigenvalue weighted by molar-refractivity contribution is 6.31. The molecular formula is C15H19ClN2O2. The number of rotatable bonds is 3. The van der Waals surface area contributed by atoms with Crippen LogP contribution in [0, 0.1) is 0 Å². The highest BCUT2D eigenvalue weighted by Gasteiger charge is 2.23. The van der Waals surface area contributed by atoms with Crippen LogP contribution in [0.4, 0.5) is 0 Å². The molecule has 5 heteroatoms. The van der Waals surface area contributed by atoms with E-state index in [1.165, 1.54) is 6.42 Å². The van der Waals surface area contributed by atoms with E-state index >= 15 is 0 Å². The van der Waals surface area contributed by atoms with Crippen LogP contribution in [0.25, 0.3) is 0 Å². The molecule has 0 radical (unpaired) electrons. The fourth-order valence-electron chi connectivity index (χ4n) is 2.36. The Morgan fingerprint density at radius 1 is 1.25 bits per heavy atom. The smallest absolute Gasteiger partial charge is 0.251 e. The molecule has 1 aromatic rings. The van der Waals surface area contributed by atoms with Gasteiger partial charge in [0.1, 0.15) is 6.04 Å². The van der Waals surface area contributed by atoms with Crippen molar-refractivity contribution in [2.24, 2.45) is 0 Å². The van der Waals surface area contributed by atoms with Crippen LogP contribution in [-0.2, 0) is 4.79 Å². The summed E-state index contributed by atoms with van der Waals surface area (Å²) in [4.78, 5) is 26.1. The molecule has 1 heterocycles. The molecule has 1 N–H and O–H groups in total. The third-order valence-corrected chi connectivity index (χ3v) is 3.71. The summed E-state index contributed by atoms with van der Waals surface area (Å²) in [5.74, 6) is -0.287. The van der Waals surface area contributed by atoms with Crippen LogP contribution in [0.3, 0.4) is 0 Å². The SMILES string of the molecule is C[C@H](NC(=O)c1cccc(Cl)c1)C(=O)N1CCCCC1. The van der Waals surface area contributed by atoms with Gasteiger partial charge in [-0.25, -0.2) is 0 Å². The zero-order valence-electron chi connectivity index (χ0n) is 11.6. The molecule has 0 saturated carbocycles. The number of likely N-dealkylation sites (tertiary alicyclic amines) is 1. The van der Waals surface area contributed by atoms with Crippen LogP contribution in [0.5, 0.6) is 0 Å². The standard InChI is InChI=1S/C15H19ClN2O2/c1-11(15(20)18-8-3-2-4-9-18)17-14(19)12-6-5-7-13(16)10-12/h5-7,10-11H,2-4,8-9H2,1H3,(H,17,19)/t11-/m0/s1. The molecule has 4 nitrogen and oxygen atoms in total. The van der Waals surface area contributed by atoms with E-state index in [2.05, 4.69) is 5.32 Å².